The summed E-state index contributed by atoms with van der Waals surface area (Å²) in [6.45, 7) is 9.93. The lowest BCUT2D eigenvalue weighted by molar-refractivity contribution is 0.199. The van der Waals surface area contributed by atoms with E-state index in [1.807, 2.05) is 41.1 Å². The van der Waals surface area contributed by atoms with E-state index in [0.717, 1.165) is 54.5 Å². The third-order valence-electron chi connectivity index (χ3n) is 5.08. The van der Waals surface area contributed by atoms with Crippen molar-refractivity contribution < 1.29 is 5.11 Å². The Morgan fingerprint density at radius 1 is 1.15 bits per heavy atom. The number of benzene rings is 1. The maximum Gasteiger partial charge on any atom is 0.123 e. The lowest BCUT2D eigenvalue weighted by atomic mass is 9.92. The van der Waals surface area contributed by atoms with Gasteiger partial charge in [-0.25, -0.2) is 0 Å². The Hall–Kier alpha value is -2.44. The molecular formula is C21H27N5O. The summed E-state index contributed by atoms with van der Waals surface area (Å²) in [7, 11) is 0. The number of nitrogens with zero attached hydrogens (tertiary/aromatic N) is 4. The van der Waals surface area contributed by atoms with Crippen molar-refractivity contribution >= 4 is 0 Å². The standard InChI is InChI=1S/C21H27N5O/c1-21(2,3)19-11-16(22-23-19)13-25-9-10-26-17(14-25)12-18(24-26)20(27)15-7-5-4-6-8-15/h4-8,11-12,20,27H,9-10,13-14H2,1-3H3,(H,22,23)/t20-/m1/s1. The Labute approximate surface area is 159 Å². The summed E-state index contributed by atoms with van der Waals surface area (Å²) in [5.41, 5.74) is 5.01. The number of fused-ring (bicyclic) bond motifs is 1. The van der Waals surface area contributed by atoms with Crippen LogP contribution < -0.4 is 0 Å². The maximum absolute atomic E-state index is 10.6. The first kappa shape index (κ1) is 17.9. The predicted octanol–water partition coefficient (Wildman–Crippen LogP) is 3.00. The predicted molar refractivity (Wildman–Crippen MR) is 104 cm³/mol. The fourth-order valence-corrected chi connectivity index (χ4v) is 3.49. The molecule has 2 aromatic heterocycles. The lowest BCUT2D eigenvalue weighted by Crippen LogP contribution is -2.33. The molecule has 1 atom stereocenters. The van der Waals surface area contributed by atoms with E-state index in [9.17, 15) is 5.11 Å². The third-order valence-corrected chi connectivity index (χ3v) is 5.08. The van der Waals surface area contributed by atoms with Gasteiger partial charge in [0, 0.05) is 30.7 Å². The summed E-state index contributed by atoms with van der Waals surface area (Å²) in [6, 6.07) is 13.9. The number of aliphatic hydroxyl groups is 1. The highest BCUT2D eigenvalue weighted by Crippen LogP contribution is 2.25. The van der Waals surface area contributed by atoms with Crippen LogP contribution in [0.15, 0.2) is 42.5 Å². The first-order valence-electron chi connectivity index (χ1n) is 9.47. The number of hydrogen-bond acceptors (Lipinski definition) is 4. The summed E-state index contributed by atoms with van der Waals surface area (Å²) in [4.78, 5) is 2.38. The zero-order valence-electron chi connectivity index (χ0n) is 16.2. The van der Waals surface area contributed by atoms with Gasteiger partial charge in [0.1, 0.15) is 6.10 Å². The normalized spacial score (nSPS) is 16.3. The van der Waals surface area contributed by atoms with Gasteiger partial charge < -0.3 is 5.11 Å². The minimum atomic E-state index is -0.681. The highest BCUT2D eigenvalue weighted by atomic mass is 16.3. The van der Waals surface area contributed by atoms with Crippen molar-refractivity contribution in [1.29, 1.82) is 0 Å². The van der Waals surface area contributed by atoms with Crippen molar-refractivity contribution in [3.05, 3.63) is 70.8 Å². The smallest absolute Gasteiger partial charge is 0.123 e. The molecule has 1 aliphatic rings. The van der Waals surface area contributed by atoms with Crippen LogP contribution in [-0.2, 0) is 25.0 Å². The van der Waals surface area contributed by atoms with E-state index in [1.165, 1.54) is 0 Å². The molecule has 0 saturated carbocycles. The molecule has 0 unspecified atom stereocenters. The van der Waals surface area contributed by atoms with E-state index in [0.29, 0.717) is 0 Å². The summed E-state index contributed by atoms with van der Waals surface area (Å²) in [6.07, 6.45) is -0.681. The van der Waals surface area contributed by atoms with Gasteiger partial charge in [-0.3, -0.25) is 14.7 Å². The number of aromatic nitrogens is 4. The third kappa shape index (κ3) is 3.82. The van der Waals surface area contributed by atoms with E-state index in [2.05, 4.69) is 47.0 Å². The van der Waals surface area contributed by atoms with E-state index in [1.54, 1.807) is 0 Å². The van der Waals surface area contributed by atoms with Crippen molar-refractivity contribution in [3.8, 4) is 0 Å². The molecule has 1 aromatic carbocycles. The van der Waals surface area contributed by atoms with Crippen LogP contribution in [0.2, 0.25) is 0 Å². The van der Waals surface area contributed by atoms with Crippen molar-refractivity contribution in [1.82, 2.24) is 24.9 Å². The molecule has 3 heterocycles. The van der Waals surface area contributed by atoms with Crippen molar-refractivity contribution in [2.24, 2.45) is 0 Å². The number of H-pyrrole nitrogens is 1. The molecule has 142 valence electrons. The van der Waals surface area contributed by atoms with Crippen LogP contribution in [0.1, 0.15) is 55.2 Å². The van der Waals surface area contributed by atoms with Crippen molar-refractivity contribution in [2.45, 2.75) is 51.9 Å². The molecule has 0 bridgehead atoms. The summed E-state index contributed by atoms with van der Waals surface area (Å²) < 4.78 is 2.02. The Balaban J connectivity index is 1.46. The fourth-order valence-electron chi connectivity index (χ4n) is 3.49. The zero-order valence-corrected chi connectivity index (χ0v) is 16.2. The van der Waals surface area contributed by atoms with Gasteiger partial charge in [-0.2, -0.15) is 10.2 Å². The highest BCUT2D eigenvalue weighted by Gasteiger charge is 2.23. The van der Waals surface area contributed by atoms with Crippen LogP contribution in [-0.4, -0.2) is 36.5 Å². The molecule has 0 aliphatic carbocycles. The van der Waals surface area contributed by atoms with E-state index < -0.39 is 6.10 Å². The minimum absolute atomic E-state index is 0.0533. The Kier molecular flexibility index (Phi) is 4.61. The Bertz CT molecular complexity index is 906. The van der Waals surface area contributed by atoms with Gasteiger partial charge in [0.25, 0.3) is 0 Å². The van der Waals surface area contributed by atoms with Crippen molar-refractivity contribution in [2.75, 3.05) is 6.54 Å². The number of hydrogen-bond donors (Lipinski definition) is 2. The topological polar surface area (TPSA) is 70.0 Å². The molecule has 6 heteroatoms. The molecule has 0 amide bonds. The second-order valence-electron chi connectivity index (χ2n) is 8.34. The van der Waals surface area contributed by atoms with Crippen LogP contribution in [0.4, 0.5) is 0 Å². The van der Waals surface area contributed by atoms with Gasteiger partial charge in [-0.05, 0) is 17.7 Å². The Morgan fingerprint density at radius 2 is 1.93 bits per heavy atom. The van der Waals surface area contributed by atoms with Gasteiger partial charge in [-0.15, -0.1) is 0 Å². The van der Waals surface area contributed by atoms with Gasteiger partial charge in [0.05, 0.1) is 23.6 Å². The zero-order chi connectivity index (χ0) is 19.0. The van der Waals surface area contributed by atoms with Crippen LogP contribution in [0.5, 0.6) is 0 Å². The molecule has 1 aliphatic heterocycles. The van der Waals surface area contributed by atoms with Gasteiger partial charge in [0.2, 0.25) is 0 Å². The van der Waals surface area contributed by atoms with E-state index in [4.69, 9.17) is 0 Å². The maximum atomic E-state index is 10.6. The molecular weight excluding hydrogens is 338 g/mol. The van der Waals surface area contributed by atoms with Crippen LogP contribution in [0.3, 0.4) is 0 Å². The SMILES string of the molecule is CC(C)(C)c1cc(CN2CCn3nc([C@H](O)c4ccccc4)cc3C2)[nH]n1. The number of rotatable bonds is 4. The van der Waals surface area contributed by atoms with Gasteiger partial charge in [-0.1, -0.05) is 51.1 Å². The lowest BCUT2D eigenvalue weighted by Gasteiger charge is -2.26. The molecule has 0 fully saturated rings. The second kappa shape index (κ2) is 6.94. The summed E-state index contributed by atoms with van der Waals surface area (Å²) in [5.74, 6) is 0. The molecule has 2 N–H and O–H groups in total. The number of aromatic amines is 1. The summed E-state index contributed by atoms with van der Waals surface area (Å²) in [5, 5.41) is 22.9. The van der Waals surface area contributed by atoms with Gasteiger partial charge >= 0.3 is 0 Å². The largest absolute Gasteiger partial charge is 0.382 e. The monoisotopic (exact) mass is 365 g/mol. The summed E-state index contributed by atoms with van der Waals surface area (Å²) >= 11 is 0. The molecule has 0 saturated heterocycles. The molecule has 0 spiro atoms. The molecule has 0 radical (unpaired) electrons. The van der Waals surface area contributed by atoms with Crippen LogP contribution in [0.25, 0.3) is 0 Å². The van der Waals surface area contributed by atoms with E-state index in [-0.39, 0.29) is 5.41 Å². The molecule has 4 rings (SSSR count). The quantitative estimate of drug-likeness (QED) is 0.746. The minimum Gasteiger partial charge on any atom is -0.382 e. The van der Waals surface area contributed by atoms with Crippen LogP contribution >= 0.6 is 0 Å². The molecule has 27 heavy (non-hydrogen) atoms. The number of nitrogens with one attached hydrogen (secondary N) is 1. The second-order valence-corrected chi connectivity index (χ2v) is 8.34. The highest BCUT2D eigenvalue weighted by molar-refractivity contribution is 5.27. The Morgan fingerprint density at radius 3 is 2.63 bits per heavy atom. The molecule has 3 aromatic rings. The van der Waals surface area contributed by atoms with E-state index >= 15 is 0 Å². The fraction of sp³-hybridized carbons (Fsp3) is 0.429. The van der Waals surface area contributed by atoms with Crippen molar-refractivity contribution in [3.63, 3.8) is 0 Å². The number of aliphatic hydroxyl groups excluding tert-OH is 1. The average molecular weight is 365 g/mol. The first-order chi connectivity index (χ1) is 12.9. The molecule has 6 nitrogen and oxygen atoms in total. The first-order valence-corrected chi connectivity index (χ1v) is 9.47. The average Bonchev–Trinajstić information content (AvgIpc) is 3.28. The van der Waals surface area contributed by atoms with Crippen LogP contribution in [0, 0.1) is 0 Å². The van der Waals surface area contributed by atoms with Gasteiger partial charge in [0.15, 0.2) is 0 Å².